The molecule has 0 saturated heterocycles. The highest BCUT2D eigenvalue weighted by molar-refractivity contribution is 9.10. The second-order valence-electron chi connectivity index (χ2n) is 7.30. The van der Waals surface area contributed by atoms with Crippen LogP contribution in [0.2, 0.25) is 0 Å². The molecular weight excluding hydrogens is 500 g/mol. The molecule has 0 unspecified atom stereocenters. The molecular formula is C23H30BrClN2O5. The average molecular weight is 530 g/mol. The van der Waals surface area contributed by atoms with E-state index in [2.05, 4.69) is 38.3 Å². The van der Waals surface area contributed by atoms with Gasteiger partial charge in [-0.25, -0.2) is 0 Å². The second kappa shape index (κ2) is 12.2. The van der Waals surface area contributed by atoms with E-state index in [0.29, 0.717) is 23.6 Å². The summed E-state index contributed by atoms with van der Waals surface area (Å²) in [6, 6.07) is 7.65. The molecule has 1 heterocycles. The van der Waals surface area contributed by atoms with E-state index in [1.54, 1.807) is 33.5 Å². The van der Waals surface area contributed by atoms with E-state index in [0.717, 1.165) is 48.4 Å². The van der Waals surface area contributed by atoms with Gasteiger partial charge in [0.2, 0.25) is 0 Å². The Labute approximate surface area is 203 Å². The van der Waals surface area contributed by atoms with E-state index in [9.17, 15) is 4.79 Å². The number of amides is 1. The average Bonchev–Trinajstić information content (AvgIpc) is 2.79. The lowest BCUT2D eigenvalue weighted by Crippen LogP contribution is -2.34. The fraction of sp³-hybridized carbons (Fsp3) is 0.435. The predicted molar refractivity (Wildman–Crippen MR) is 130 cm³/mol. The van der Waals surface area contributed by atoms with Gasteiger partial charge in [0.05, 0.1) is 34.0 Å². The molecule has 176 valence electrons. The number of methoxy groups -OCH3 is 4. The smallest absolute Gasteiger partial charge is 0.255 e. The van der Waals surface area contributed by atoms with Gasteiger partial charge in [-0.05, 0) is 48.2 Å². The van der Waals surface area contributed by atoms with E-state index in [1.807, 2.05) is 0 Å². The van der Waals surface area contributed by atoms with Crippen LogP contribution in [-0.4, -0.2) is 58.9 Å². The maximum Gasteiger partial charge on any atom is 0.255 e. The van der Waals surface area contributed by atoms with Crippen molar-refractivity contribution in [3.05, 3.63) is 45.4 Å². The third-order valence-corrected chi connectivity index (χ3v) is 5.88. The first kappa shape index (κ1) is 26.1. The van der Waals surface area contributed by atoms with E-state index in [4.69, 9.17) is 18.9 Å². The number of ether oxygens (including phenoxy) is 4. The number of rotatable bonds is 9. The molecule has 3 rings (SSSR count). The molecule has 2 aromatic carbocycles. The summed E-state index contributed by atoms with van der Waals surface area (Å²) >= 11 is 3.41. The standard InChI is InChI=1S/C23H29BrN2O5.ClH/c1-28-19-10-15-6-9-26(14-16(15)11-20(19)29-2)8-5-7-25-23(27)18-12-17(24)13-21(30-3)22(18)31-4;/h10-13H,5-9,14H2,1-4H3,(H,25,27);1H. The van der Waals surface area contributed by atoms with Crippen molar-refractivity contribution in [2.75, 3.05) is 48.1 Å². The zero-order chi connectivity index (χ0) is 22.4. The SMILES string of the molecule is COc1cc2c(cc1OC)CN(CCCNC(=O)c1cc(Br)cc(OC)c1OC)CC2.Cl. The molecule has 1 N–H and O–H groups in total. The Morgan fingerprint density at radius 1 is 0.969 bits per heavy atom. The number of halogens is 2. The Kier molecular flexibility index (Phi) is 9.93. The van der Waals surface area contributed by atoms with Gasteiger partial charge in [0.15, 0.2) is 23.0 Å². The van der Waals surface area contributed by atoms with Crippen LogP contribution in [0.4, 0.5) is 0 Å². The summed E-state index contributed by atoms with van der Waals surface area (Å²) in [6.07, 6.45) is 1.82. The summed E-state index contributed by atoms with van der Waals surface area (Å²) in [7, 11) is 6.40. The number of carbonyl (C=O) groups excluding carboxylic acids is 1. The minimum Gasteiger partial charge on any atom is -0.493 e. The van der Waals surface area contributed by atoms with Crippen LogP contribution < -0.4 is 24.3 Å². The molecule has 1 amide bonds. The number of hydrogen-bond acceptors (Lipinski definition) is 6. The van der Waals surface area contributed by atoms with Crippen LogP contribution in [0.5, 0.6) is 23.0 Å². The van der Waals surface area contributed by atoms with Gasteiger partial charge in [-0.1, -0.05) is 15.9 Å². The van der Waals surface area contributed by atoms with Crippen LogP contribution in [-0.2, 0) is 13.0 Å². The highest BCUT2D eigenvalue weighted by Crippen LogP contribution is 2.35. The van der Waals surface area contributed by atoms with Crippen molar-refractivity contribution in [1.29, 1.82) is 0 Å². The third kappa shape index (κ3) is 5.99. The van der Waals surface area contributed by atoms with Gasteiger partial charge >= 0.3 is 0 Å². The largest absolute Gasteiger partial charge is 0.493 e. The van der Waals surface area contributed by atoms with Crippen molar-refractivity contribution in [1.82, 2.24) is 10.2 Å². The number of nitrogens with zero attached hydrogens (tertiary/aromatic N) is 1. The zero-order valence-electron chi connectivity index (χ0n) is 18.8. The summed E-state index contributed by atoms with van der Waals surface area (Å²) in [5.74, 6) is 2.30. The van der Waals surface area contributed by atoms with Crippen molar-refractivity contribution in [3.8, 4) is 23.0 Å². The van der Waals surface area contributed by atoms with Crippen LogP contribution in [0.15, 0.2) is 28.7 Å². The van der Waals surface area contributed by atoms with Crippen molar-refractivity contribution in [2.24, 2.45) is 0 Å². The summed E-state index contributed by atoms with van der Waals surface area (Å²) in [5, 5.41) is 2.99. The Hall–Kier alpha value is -2.16. The lowest BCUT2D eigenvalue weighted by molar-refractivity contribution is 0.0947. The Balaban J connectivity index is 0.00000363. The van der Waals surface area contributed by atoms with Gasteiger partial charge in [0, 0.05) is 30.7 Å². The maximum absolute atomic E-state index is 12.7. The molecule has 1 aliphatic heterocycles. The fourth-order valence-electron chi connectivity index (χ4n) is 3.83. The summed E-state index contributed by atoms with van der Waals surface area (Å²) < 4.78 is 22.3. The molecule has 0 aliphatic carbocycles. The third-order valence-electron chi connectivity index (χ3n) is 5.42. The monoisotopic (exact) mass is 528 g/mol. The topological polar surface area (TPSA) is 69.3 Å². The Morgan fingerprint density at radius 3 is 2.25 bits per heavy atom. The van der Waals surface area contributed by atoms with Crippen molar-refractivity contribution in [2.45, 2.75) is 19.4 Å². The molecule has 2 aromatic rings. The number of nitrogens with one attached hydrogen (secondary N) is 1. The van der Waals surface area contributed by atoms with Crippen LogP contribution >= 0.6 is 28.3 Å². The summed E-state index contributed by atoms with van der Waals surface area (Å²) in [6.45, 7) is 3.31. The number of hydrogen-bond donors (Lipinski definition) is 1. The molecule has 0 atom stereocenters. The first-order valence-electron chi connectivity index (χ1n) is 10.2. The summed E-state index contributed by atoms with van der Waals surface area (Å²) in [4.78, 5) is 15.1. The first-order chi connectivity index (χ1) is 15.0. The molecule has 0 fully saturated rings. The minimum atomic E-state index is -0.183. The zero-order valence-corrected chi connectivity index (χ0v) is 21.2. The van der Waals surface area contributed by atoms with E-state index >= 15 is 0 Å². The highest BCUT2D eigenvalue weighted by atomic mass is 79.9. The van der Waals surface area contributed by atoms with Gasteiger partial charge < -0.3 is 24.3 Å². The number of carbonyl (C=O) groups is 1. The molecule has 0 aromatic heterocycles. The normalized spacial score (nSPS) is 12.9. The van der Waals surface area contributed by atoms with Crippen molar-refractivity contribution in [3.63, 3.8) is 0 Å². The first-order valence-corrected chi connectivity index (χ1v) is 11.0. The predicted octanol–water partition coefficient (Wildman–Crippen LogP) is 4.08. The van der Waals surface area contributed by atoms with Crippen molar-refractivity contribution >= 4 is 34.2 Å². The van der Waals surface area contributed by atoms with Gasteiger partial charge in [-0.15, -0.1) is 12.4 Å². The second-order valence-corrected chi connectivity index (χ2v) is 8.22. The Morgan fingerprint density at radius 2 is 1.62 bits per heavy atom. The van der Waals surface area contributed by atoms with Crippen LogP contribution in [0.1, 0.15) is 27.9 Å². The van der Waals surface area contributed by atoms with Gasteiger partial charge in [-0.2, -0.15) is 0 Å². The molecule has 0 bridgehead atoms. The highest BCUT2D eigenvalue weighted by Gasteiger charge is 2.20. The van der Waals surface area contributed by atoms with Crippen LogP contribution in [0, 0.1) is 0 Å². The van der Waals surface area contributed by atoms with Gasteiger partial charge in [0.25, 0.3) is 5.91 Å². The van der Waals surface area contributed by atoms with Crippen LogP contribution in [0.3, 0.4) is 0 Å². The molecule has 7 nitrogen and oxygen atoms in total. The summed E-state index contributed by atoms with van der Waals surface area (Å²) in [5.41, 5.74) is 3.01. The van der Waals surface area contributed by atoms with E-state index in [1.165, 1.54) is 18.2 Å². The molecule has 0 spiro atoms. The van der Waals surface area contributed by atoms with Gasteiger partial charge in [0.1, 0.15) is 0 Å². The van der Waals surface area contributed by atoms with Gasteiger partial charge in [-0.3, -0.25) is 9.69 Å². The lowest BCUT2D eigenvalue weighted by Gasteiger charge is -2.29. The van der Waals surface area contributed by atoms with Crippen molar-refractivity contribution < 1.29 is 23.7 Å². The lowest BCUT2D eigenvalue weighted by atomic mass is 9.98. The van der Waals surface area contributed by atoms with E-state index < -0.39 is 0 Å². The Bertz CT molecular complexity index is 941. The quantitative estimate of drug-likeness (QED) is 0.494. The maximum atomic E-state index is 12.7. The van der Waals surface area contributed by atoms with E-state index in [-0.39, 0.29) is 18.3 Å². The number of benzene rings is 2. The minimum absolute atomic E-state index is 0. The molecule has 32 heavy (non-hydrogen) atoms. The van der Waals surface area contributed by atoms with Crippen LogP contribution in [0.25, 0.3) is 0 Å². The fourth-order valence-corrected chi connectivity index (χ4v) is 4.27. The number of fused-ring (bicyclic) bond motifs is 1. The molecule has 0 saturated carbocycles. The molecule has 0 radical (unpaired) electrons. The molecule has 1 aliphatic rings. The molecule has 9 heteroatoms.